The third-order valence-corrected chi connectivity index (χ3v) is 4.16. The number of aryl methyl sites for hydroxylation is 1. The van der Waals surface area contributed by atoms with E-state index in [1.807, 2.05) is 37.3 Å². The molecule has 0 unspecified atom stereocenters. The molecule has 0 aliphatic carbocycles. The average Bonchev–Trinajstić information content (AvgIpc) is 2.92. The standard InChI is InChI=1S/C20H21NO3/c1-3-13-9-10-17-15(11-13)16(12-19(22)23)20(21-17)14-7-5-6-8-18(14)24-4-2/h5-11,21H,3-4,12H2,1-2H3,(H,22,23). The first-order valence-corrected chi connectivity index (χ1v) is 8.21. The van der Waals surface area contributed by atoms with Crippen LogP contribution < -0.4 is 4.74 Å². The molecule has 0 aliphatic rings. The minimum Gasteiger partial charge on any atom is -0.493 e. The number of ether oxygens (including phenoxy) is 1. The summed E-state index contributed by atoms with van der Waals surface area (Å²) in [6.07, 6.45) is 0.890. The van der Waals surface area contributed by atoms with Crippen molar-refractivity contribution in [3.05, 3.63) is 53.6 Å². The molecule has 3 aromatic rings. The fraction of sp³-hybridized carbons (Fsp3) is 0.250. The molecule has 24 heavy (non-hydrogen) atoms. The Morgan fingerprint density at radius 3 is 2.67 bits per heavy atom. The van der Waals surface area contributed by atoms with E-state index in [2.05, 4.69) is 24.0 Å². The van der Waals surface area contributed by atoms with Crippen molar-refractivity contribution in [1.29, 1.82) is 0 Å². The van der Waals surface area contributed by atoms with E-state index in [4.69, 9.17) is 4.74 Å². The topological polar surface area (TPSA) is 62.3 Å². The molecule has 0 radical (unpaired) electrons. The van der Waals surface area contributed by atoms with E-state index < -0.39 is 5.97 Å². The number of aromatic amines is 1. The Bertz CT molecular complexity index is 880. The van der Waals surface area contributed by atoms with Gasteiger partial charge in [-0.15, -0.1) is 0 Å². The van der Waals surface area contributed by atoms with Crippen molar-refractivity contribution in [3.63, 3.8) is 0 Å². The molecular formula is C20H21NO3. The summed E-state index contributed by atoms with van der Waals surface area (Å²) in [5, 5.41) is 10.3. The predicted octanol–water partition coefficient (Wildman–Crippen LogP) is 4.42. The van der Waals surface area contributed by atoms with Crippen molar-refractivity contribution in [2.45, 2.75) is 26.7 Å². The van der Waals surface area contributed by atoms with Crippen molar-refractivity contribution >= 4 is 16.9 Å². The highest BCUT2D eigenvalue weighted by Crippen LogP contribution is 2.36. The third kappa shape index (κ3) is 3.00. The number of carboxylic acids is 1. The van der Waals surface area contributed by atoms with E-state index in [1.165, 1.54) is 5.56 Å². The minimum atomic E-state index is -0.840. The van der Waals surface area contributed by atoms with Gasteiger partial charge in [0.05, 0.1) is 18.7 Å². The quantitative estimate of drug-likeness (QED) is 0.705. The van der Waals surface area contributed by atoms with Gasteiger partial charge in [-0.2, -0.15) is 0 Å². The van der Waals surface area contributed by atoms with Gasteiger partial charge in [-0.25, -0.2) is 0 Å². The number of carboxylic acid groups (broad SMARTS) is 1. The fourth-order valence-corrected chi connectivity index (χ4v) is 3.03. The maximum atomic E-state index is 11.4. The SMILES string of the molecule is CCOc1ccccc1-c1[nH]c2ccc(CC)cc2c1CC(=O)O. The first-order valence-electron chi connectivity index (χ1n) is 8.21. The molecule has 4 nitrogen and oxygen atoms in total. The lowest BCUT2D eigenvalue weighted by molar-refractivity contribution is -0.136. The summed E-state index contributed by atoms with van der Waals surface area (Å²) in [6.45, 7) is 4.59. The Balaban J connectivity index is 2.25. The second-order valence-electron chi connectivity index (χ2n) is 5.71. The minimum absolute atomic E-state index is 0.0248. The van der Waals surface area contributed by atoms with Crippen molar-refractivity contribution in [2.24, 2.45) is 0 Å². The molecule has 124 valence electrons. The maximum absolute atomic E-state index is 11.4. The van der Waals surface area contributed by atoms with Crippen molar-refractivity contribution in [1.82, 2.24) is 4.98 Å². The van der Waals surface area contributed by atoms with Gasteiger partial charge in [-0.05, 0) is 48.7 Å². The summed E-state index contributed by atoms with van der Waals surface area (Å²) >= 11 is 0. The predicted molar refractivity (Wildman–Crippen MR) is 95.6 cm³/mol. The number of fused-ring (bicyclic) bond motifs is 1. The number of rotatable bonds is 6. The van der Waals surface area contributed by atoms with Crippen molar-refractivity contribution < 1.29 is 14.6 Å². The average molecular weight is 323 g/mol. The van der Waals surface area contributed by atoms with E-state index in [-0.39, 0.29) is 6.42 Å². The Morgan fingerprint density at radius 2 is 1.96 bits per heavy atom. The van der Waals surface area contributed by atoms with Crippen LogP contribution in [0.3, 0.4) is 0 Å². The van der Waals surface area contributed by atoms with Gasteiger partial charge in [0.2, 0.25) is 0 Å². The van der Waals surface area contributed by atoms with Crippen LogP contribution in [-0.2, 0) is 17.6 Å². The second-order valence-corrected chi connectivity index (χ2v) is 5.71. The lowest BCUT2D eigenvalue weighted by Gasteiger charge is -2.10. The van der Waals surface area contributed by atoms with Gasteiger partial charge in [0.15, 0.2) is 0 Å². The van der Waals surface area contributed by atoms with Crippen LogP contribution in [0.25, 0.3) is 22.2 Å². The maximum Gasteiger partial charge on any atom is 0.307 e. The first-order chi connectivity index (χ1) is 11.6. The number of H-pyrrole nitrogens is 1. The highest BCUT2D eigenvalue weighted by molar-refractivity contribution is 5.95. The summed E-state index contributed by atoms with van der Waals surface area (Å²) in [5.74, 6) is -0.0816. The zero-order valence-corrected chi connectivity index (χ0v) is 13.9. The first kappa shape index (κ1) is 16.1. The molecule has 2 aromatic carbocycles. The highest BCUT2D eigenvalue weighted by Gasteiger charge is 2.18. The van der Waals surface area contributed by atoms with Crippen LogP contribution in [-0.4, -0.2) is 22.7 Å². The monoisotopic (exact) mass is 323 g/mol. The van der Waals surface area contributed by atoms with Crippen molar-refractivity contribution in [3.8, 4) is 17.0 Å². The van der Waals surface area contributed by atoms with Crippen LogP contribution in [0, 0.1) is 0 Å². The normalized spacial score (nSPS) is 10.9. The zero-order chi connectivity index (χ0) is 17.1. The summed E-state index contributed by atoms with van der Waals surface area (Å²) in [5.41, 5.74) is 4.66. The van der Waals surface area contributed by atoms with Gasteiger partial charge in [0.1, 0.15) is 5.75 Å². The van der Waals surface area contributed by atoms with Gasteiger partial charge in [-0.3, -0.25) is 4.79 Å². The number of aliphatic carboxylic acids is 1. The van der Waals surface area contributed by atoms with E-state index in [1.54, 1.807) is 0 Å². The number of hydrogen-bond acceptors (Lipinski definition) is 2. The number of nitrogens with one attached hydrogen (secondary N) is 1. The molecule has 4 heteroatoms. The lowest BCUT2D eigenvalue weighted by Crippen LogP contribution is -2.02. The molecule has 0 aliphatic heterocycles. The molecular weight excluding hydrogens is 302 g/mol. The summed E-state index contributed by atoms with van der Waals surface area (Å²) < 4.78 is 5.72. The molecule has 0 amide bonds. The van der Waals surface area contributed by atoms with Crippen LogP contribution in [0.4, 0.5) is 0 Å². The van der Waals surface area contributed by atoms with Crippen LogP contribution in [0.15, 0.2) is 42.5 Å². The van der Waals surface area contributed by atoms with Crippen molar-refractivity contribution in [2.75, 3.05) is 6.61 Å². The molecule has 0 saturated carbocycles. The number of aromatic nitrogens is 1. The lowest BCUT2D eigenvalue weighted by atomic mass is 10.0. The van der Waals surface area contributed by atoms with E-state index in [0.29, 0.717) is 6.61 Å². The molecule has 0 spiro atoms. The number of para-hydroxylation sites is 1. The Hall–Kier alpha value is -2.75. The van der Waals surface area contributed by atoms with Gasteiger partial charge in [0, 0.05) is 16.5 Å². The molecule has 2 N–H and O–H groups in total. The molecule has 0 bridgehead atoms. The van der Waals surface area contributed by atoms with E-state index in [9.17, 15) is 9.90 Å². The summed E-state index contributed by atoms with van der Waals surface area (Å²) in [4.78, 5) is 14.8. The zero-order valence-electron chi connectivity index (χ0n) is 13.9. The summed E-state index contributed by atoms with van der Waals surface area (Å²) in [7, 11) is 0. The molecule has 0 atom stereocenters. The number of benzene rings is 2. The largest absolute Gasteiger partial charge is 0.493 e. The van der Waals surface area contributed by atoms with Gasteiger partial charge >= 0.3 is 5.97 Å². The van der Waals surface area contributed by atoms with Crippen LogP contribution in [0.5, 0.6) is 5.75 Å². The smallest absolute Gasteiger partial charge is 0.307 e. The van der Waals surface area contributed by atoms with Gasteiger partial charge in [0.25, 0.3) is 0 Å². The van der Waals surface area contributed by atoms with E-state index >= 15 is 0 Å². The Morgan fingerprint density at radius 1 is 1.17 bits per heavy atom. The highest BCUT2D eigenvalue weighted by atomic mass is 16.5. The Labute approximate surface area is 141 Å². The number of hydrogen-bond donors (Lipinski definition) is 2. The summed E-state index contributed by atoms with van der Waals surface area (Å²) in [6, 6.07) is 13.9. The molecule has 1 heterocycles. The van der Waals surface area contributed by atoms with Gasteiger partial charge in [-0.1, -0.05) is 25.1 Å². The number of carbonyl (C=O) groups is 1. The molecule has 0 fully saturated rings. The fourth-order valence-electron chi connectivity index (χ4n) is 3.03. The van der Waals surface area contributed by atoms with Crippen LogP contribution >= 0.6 is 0 Å². The van der Waals surface area contributed by atoms with Crippen LogP contribution in [0.2, 0.25) is 0 Å². The Kier molecular flexibility index (Phi) is 4.56. The van der Waals surface area contributed by atoms with E-state index in [0.717, 1.165) is 39.9 Å². The molecule has 3 rings (SSSR count). The molecule has 1 aromatic heterocycles. The van der Waals surface area contributed by atoms with Crippen LogP contribution in [0.1, 0.15) is 25.0 Å². The third-order valence-electron chi connectivity index (χ3n) is 4.16. The molecule has 0 saturated heterocycles. The second kappa shape index (κ2) is 6.79. The van der Waals surface area contributed by atoms with Gasteiger partial charge < -0.3 is 14.8 Å².